The summed E-state index contributed by atoms with van der Waals surface area (Å²) in [5.41, 5.74) is 3.01. The van der Waals surface area contributed by atoms with Gasteiger partial charge in [0.25, 0.3) is 0 Å². The summed E-state index contributed by atoms with van der Waals surface area (Å²) in [5.74, 6) is 0. The molecule has 0 aromatic rings. The van der Waals surface area contributed by atoms with E-state index in [0.717, 1.165) is 0 Å². The van der Waals surface area contributed by atoms with E-state index in [9.17, 15) is 0 Å². The number of allylic oxidation sites excluding steroid dienone is 4. The molecule has 3 heteroatoms. The SMILES string of the molecule is Br.Br.CC1=CC[C]([Zr])=C1C. The van der Waals surface area contributed by atoms with Crippen LogP contribution in [0.5, 0.6) is 0 Å². The molecule has 1 aliphatic carbocycles. The van der Waals surface area contributed by atoms with E-state index in [1.807, 2.05) is 0 Å². The molecular formula is C7H11Br2Zr. The summed E-state index contributed by atoms with van der Waals surface area (Å²) in [5, 5.41) is 0. The second-order valence-electron chi connectivity index (χ2n) is 2.19. The standard InChI is InChI=1S/C7H9.2BrH.Zr/c1-6-4-3-5-7(6)2;;;/h4H,3H2,1-2H3;2*1H;. The van der Waals surface area contributed by atoms with Crippen molar-refractivity contribution in [1.29, 1.82) is 0 Å². The summed E-state index contributed by atoms with van der Waals surface area (Å²) in [7, 11) is 0. The molecule has 0 aromatic heterocycles. The Morgan fingerprint density at radius 3 is 1.90 bits per heavy atom. The minimum absolute atomic E-state index is 0. The van der Waals surface area contributed by atoms with Crippen LogP contribution in [-0.2, 0) is 24.7 Å². The van der Waals surface area contributed by atoms with Crippen LogP contribution < -0.4 is 0 Å². The van der Waals surface area contributed by atoms with E-state index in [4.69, 9.17) is 0 Å². The maximum atomic E-state index is 2.30. The first-order chi connectivity index (χ1) is 3.72. The fraction of sp³-hybridized carbons (Fsp3) is 0.429. The normalized spacial score (nSPS) is 15.5. The van der Waals surface area contributed by atoms with Crippen LogP contribution >= 0.6 is 34.0 Å². The fourth-order valence-corrected chi connectivity index (χ4v) is 1.53. The molecule has 1 aliphatic rings. The molecule has 0 amide bonds. The molecule has 0 fully saturated rings. The van der Waals surface area contributed by atoms with Crippen molar-refractivity contribution >= 4 is 34.0 Å². The van der Waals surface area contributed by atoms with Crippen molar-refractivity contribution in [3.8, 4) is 0 Å². The predicted octanol–water partition coefficient (Wildman–Crippen LogP) is 3.31. The molecule has 0 bridgehead atoms. The molecule has 0 saturated carbocycles. The second kappa shape index (κ2) is 5.91. The third kappa shape index (κ3) is 3.15. The van der Waals surface area contributed by atoms with Gasteiger partial charge >= 0.3 is 65.5 Å². The van der Waals surface area contributed by atoms with Crippen LogP contribution in [0.15, 0.2) is 20.5 Å². The quantitative estimate of drug-likeness (QED) is 0.631. The molecule has 1 rings (SSSR count). The van der Waals surface area contributed by atoms with Gasteiger partial charge in [-0.3, -0.25) is 0 Å². The summed E-state index contributed by atoms with van der Waals surface area (Å²) >= 11 is 1.58. The number of halogens is 2. The first-order valence-electron chi connectivity index (χ1n) is 2.80. The van der Waals surface area contributed by atoms with E-state index in [1.54, 1.807) is 28.0 Å². The van der Waals surface area contributed by atoms with Crippen molar-refractivity contribution in [3.05, 3.63) is 20.5 Å². The molecule has 0 radical (unpaired) electrons. The maximum absolute atomic E-state index is 2.30. The van der Waals surface area contributed by atoms with Crippen molar-refractivity contribution in [2.75, 3.05) is 0 Å². The molecule has 0 heterocycles. The molecular weight excluding hydrogens is 335 g/mol. The Morgan fingerprint density at radius 2 is 1.80 bits per heavy atom. The molecule has 0 spiro atoms. The van der Waals surface area contributed by atoms with Gasteiger partial charge in [-0.05, 0) is 0 Å². The van der Waals surface area contributed by atoms with E-state index >= 15 is 0 Å². The summed E-state index contributed by atoms with van der Waals surface area (Å²) in [6.45, 7) is 4.40. The van der Waals surface area contributed by atoms with Gasteiger partial charge in [0, 0.05) is 0 Å². The summed E-state index contributed by atoms with van der Waals surface area (Å²) < 4.78 is 1.62. The Bertz CT molecular complexity index is 165. The fourth-order valence-electron chi connectivity index (χ4n) is 0.799. The second-order valence-corrected chi connectivity index (χ2v) is 3.68. The Labute approximate surface area is 98.5 Å². The van der Waals surface area contributed by atoms with Crippen molar-refractivity contribution < 1.29 is 24.7 Å². The van der Waals surface area contributed by atoms with Crippen molar-refractivity contribution in [2.24, 2.45) is 0 Å². The van der Waals surface area contributed by atoms with Crippen LogP contribution in [0.1, 0.15) is 20.3 Å². The average molecular weight is 346 g/mol. The third-order valence-corrected chi connectivity index (χ3v) is 3.08. The van der Waals surface area contributed by atoms with E-state index < -0.39 is 0 Å². The Hall–Kier alpha value is 1.32. The zero-order valence-electron chi connectivity index (χ0n) is 6.10. The topological polar surface area (TPSA) is 0 Å². The van der Waals surface area contributed by atoms with Crippen molar-refractivity contribution in [2.45, 2.75) is 20.3 Å². The number of hydrogen-bond acceptors (Lipinski definition) is 0. The van der Waals surface area contributed by atoms with Gasteiger partial charge in [0.1, 0.15) is 0 Å². The zero-order valence-corrected chi connectivity index (χ0v) is 12.0. The Morgan fingerprint density at radius 1 is 1.30 bits per heavy atom. The van der Waals surface area contributed by atoms with E-state index in [2.05, 4.69) is 19.9 Å². The van der Waals surface area contributed by atoms with E-state index in [0.29, 0.717) is 0 Å². The van der Waals surface area contributed by atoms with Crippen LogP contribution in [0.2, 0.25) is 0 Å². The van der Waals surface area contributed by atoms with Crippen LogP contribution in [0, 0.1) is 0 Å². The summed E-state index contributed by atoms with van der Waals surface area (Å²) in [4.78, 5) is 0. The Balaban J connectivity index is 0. The van der Waals surface area contributed by atoms with Gasteiger partial charge in [0.2, 0.25) is 0 Å². The van der Waals surface area contributed by atoms with Crippen molar-refractivity contribution in [3.63, 3.8) is 0 Å². The summed E-state index contributed by atoms with van der Waals surface area (Å²) in [6, 6.07) is 0. The molecule has 0 aliphatic heterocycles. The van der Waals surface area contributed by atoms with Gasteiger partial charge in [0.15, 0.2) is 0 Å². The number of hydrogen-bond donors (Lipinski definition) is 0. The first kappa shape index (κ1) is 13.9. The van der Waals surface area contributed by atoms with Crippen LogP contribution in [-0.4, -0.2) is 0 Å². The Kier molecular flexibility index (Phi) is 8.20. The molecule has 0 nitrogen and oxygen atoms in total. The molecule has 0 aromatic carbocycles. The molecule has 10 heavy (non-hydrogen) atoms. The predicted molar refractivity (Wildman–Crippen MR) is 51.7 cm³/mol. The molecule has 0 N–H and O–H groups in total. The average Bonchev–Trinajstić information content (AvgIpc) is 1.98. The van der Waals surface area contributed by atoms with Gasteiger partial charge in [-0.1, -0.05) is 0 Å². The van der Waals surface area contributed by atoms with Gasteiger partial charge < -0.3 is 0 Å². The van der Waals surface area contributed by atoms with Crippen molar-refractivity contribution in [1.82, 2.24) is 0 Å². The summed E-state index contributed by atoms with van der Waals surface area (Å²) in [6.07, 6.45) is 3.52. The van der Waals surface area contributed by atoms with Gasteiger partial charge in [-0.2, -0.15) is 0 Å². The first-order valence-corrected chi connectivity index (χ1v) is 4.03. The van der Waals surface area contributed by atoms with Crippen LogP contribution in [0.4, 0.5) is 0 Å². The molecule has 0 saturated heterocycles. The zero-order chi connectivity index (χ0) is 6.15. The van der Waals surface area contributed by atoms with E-state index in [-0.39, 0.29) is 34.0 Å². The van der Waals surface area contributed by atoms with E-state index in [1.165, 1.54) is 17.6 Å². The number of rotatable bonds is 0. The van der Waals surface area contributed by atoms with Gasteiger partial charge in [-0.15, -0.1) is 34.0 Å². The third-order valence-electron chi connectivity index (χ3n) is 1.66. The van der Waals surface area contributed by atoms with Gasteiger partial charge in [0.05, 0.1) is 0 Å². The van der Waals surface area contributed by atoms with Gasteiger partial charge in [-0.25, -0.2) is 0 Å². The molecule has 57 valence electrons. The molecule has 0 unspecified atom stereocenters. The molecule has 0 atom stereocenters. The minimum atomic E-state index is 0. The monoisotopic (exact) mass is 343 g/mol. The van der Waals surface area contributed by atoms with Crippen LogP contribution in [0.3, 0.4) is 0 Å². The van der Waals surface area contributed by atoms with Crippen LogP contribution in [0.25, 0.3) is 0 Å².